The van der Waals surface area contributed by atoms with E-state index in [2.05, 4.69) is 5.10 Å². The van der Waals surface area contributed by atoms with Crippen LogP contribution in [-0.4, -0.2) is 9.78 Å². The fraction of sp³-hybridized carbons (Fsp3) is 0.182. The minimum absolute atomic E-state index is 0.669. The van der Waals surface area contributed by atoms with E-state index in [1.807, 2.05) is 36.0 Å². The van der Waals surface area contributed by atoms with Crippen molar-refractivity contribution in [2.45, 2.75) is 11.5 Å². The number of nitrogen functional groups attached to an aromatic ring is 1. The highest BCUT2D eigenvalue weighted by Crippen LogP contribution is 2.35. The summed E-state index contributed by atoms with van der Waals surface area (Å²) in [6, 6.07) is 7.60. The van der Waals surface area contributed by atoms with Gasteiger partial charge in [0.2, 0.25) is 0 Å². The molecule has 2 N–H and O–H groups in total. The lowest BCUT2D eigenvalue weighted by molar-refractivity contribution is 0.869. The molecule has 1 aliphatic heterocycles. The van der Waals surface area contributed by atoms with Gasteiger partial charge < -0.3 is 5.73 Å². The maximum atomic E-state index is 6.13. The molecule has 0 fully saturated rings. The van der Waals surface area contributed by atoms with Gasteiger partial charge in [-0.15, -0.1) is 0 Å². The van der Waals surface area contributed by atoms with Crippen molar-refractivity contribution in [1.29, 1.82) is 0 Å². The van der Waals surface area contributed by atoms with Crippen LogP contribution in [0, 0.1) is 0 Å². The van der Waals surface area contributed by atoms with Crippen LogP contribution in [0.15, 0.2) is 24.3 Å². The number of halogens is 1. The molecular formula is C11H10ClN3S. The number of hydrogen-bond donors (Lipinski definition) is 1. The topological polar surface area (TPSA) is 43.8 Å². The Hall–Kier alpha value is -1.13. The molecule has 2 aromatic rings. The average Bonchev–Trinajstić information content (AvgIpc) is 2.83. The van der Waals surface area contributed by atoms with Crippen LogP contribution in [0.5, 0.6) is 0 Å². The molecule has 16 heavy (non-hydrogen) atoms. The van der Waals surface area contributed by atoms with Crippen molar-refractivity contribution in [1.82, 2.24) is 9.78 Å². The molecule has 0 saturated heterocycles. The molecule has 0 aliphatic carbocycles. The molecule has 1 aliphatic rings. The molecule has 0 spiro atoms. The van der Waals surface area contributed by atoms with Gasteiger partial charge in [0.1, 0.15) is 5.82 Å². The third-order valence-corrected chi connectivity index (χ3v) is 3.96. The van der Waals surface area contributed by atoms with Crippen LogP contribution in [-0.2, 0) is 11.5 Å². The highest BCUT2D eigenvalue weighted by molar-refractivity contribution is 7.98. The number of nitrogens with zero attached hydrogens (tertiary/aromatic N) is 2. The third kappa shape index (κ3) is 1.41. The zero-order valence-corrected chi connectivity index (χ0v) is 10.1. The van der Waals surface area contributed by atoms with Crippen molar-refractivity contribution >= 4 is 29.2 Å². The standard InChI is InChI=1S/C11H10ClN3S/c12-8-3-1-2-4-10(8)15-11(13)7-5-16-6-9(7)14-15/h1-4H,5-6,13H2. The van der Waals surface area contributed by atoms with Gasteiger partial charge in [0.15, 0.2) is 0 Å². The zero-order valence-electron chi connectivity index (χ0n) is 8.48. The predicted octanol–water partition coefficient (Wildman–Crippen LogP) is 2.85. The van der Waals surface area contributed by atoms with E-state index in [-0.39, 0.29) is 0 Å². The summed E-state index contributed by atoms with van der Waals surface area (Å²) in [6.07, 6.45) is 0. The molecule has 1 aromatic carbocycles. The van der Waals surface area contributed by atoms with Crippen molar-refractivity contribution in [3.63, 3.8) is 0 Å². The smallest absolute Gasteiger partial charge is 0.131 e. The van der Waals surface area contributed by atoms with Gasteiger partial charge in [-0.2, -0.15) is 16.9 Å². The van der Waals surface area contributed by atoms with Crippen molar-refractivity contribution in [2.75, 3.05) is 5.73 Å². The van der Waals surface area contributed by atoms with Crippen LogP contribution in [0.4, 0.5) is 5.82 Å². The summed E-state index contributed by atoms with van der Waals surface area (Å²) in [5.41, 5.74) is 9.18. The number of thioether (sulfide) groups is 1. The molecule has 0 unspecified atom stereocenters. The van der Waals surface area contributed by atoms with E-state index in [1.165, 1.54) is 0 Å². The van der Waals surface area contributed by atoms with E-state index >= 15 is 0 Å². The van der Waals surface area contributed by atoms with Crippen molar-refractivity contribution in [3.05, 3.63) is 40.5 Å². The van der Waals surface area contributed by atoms with Crippen LogP contribution < -0.4 is 5.73 Å². The van der Waals surface area contributed by atoms with Gasteiger partial charge in [-0.05, 0) is 12.1 Å². The first-order valence-corrected chi connectivity index (χ1v) is 6.49. The van der Waals surface area contributed by atoms with Crippen LogP contribution in [0.2, 0.25) is 5.02 Å². The van der Waals surface area contributed by atoms with E-state index < -0.39 is 0 Å². The molecule has 82 valence electrons. The summed E-state index contributed by atoms with van der Waals surface area (Å²) in [6.45, 7) is 0. The van der Waals surface area contributed by atoms with E-state index in [0.29, 0.717) is 10.8 Å². The van der Waals surface area contributed by atoms with E-state index in [1.54, 1.807) is 4.68 Å². The van der Waals surface area contributed by atoms with Gasteiger partial charge in [-0.1, -0.05) is 23.7 Å². The Balaban J connectivity index is 2.18. The number of fused-ring (bicyclic) bond motifs is 1. The van der Waals surface area contributed by atoms with Gasteiger partial charge >= 0.3 is 0 Å². The molecule has 5 heteroatoms. The van der Waals surface area contributed by atoms with E-state index in [0.717, 1.165) is 28.5 Å². The first-order chi connectivity index (χ1) is 7.77. The Morgan fingerprint density at radius 2 is 2.12 bits per heavy atom. The Kier molecular flexibility index (Phi) is 2.33. The number of para-hydroxylation sites is 1. The van der Waals surface area contributed by atoms with Crippen LogP contribution in [0.3, 0.4) is 0 Å². The summed E-state index contributed by atoms with van der Waals surface area (Å²) >= 11 is 7.97. The first-order valence-electron chi connectivity index (χ1n) is 4.96. The van der Waals surface area contributed by atoms with Gasteiger partial charge in [0.05, 0.1) is 16.4 Å². The fourth-order valence-corrected chi connectivity index (χ4v) is 3.10. The summed E-state index contributed by atoms with van der Waals surface area (Å²) in [5.74, 6) is 2.61. The van der Waals surface area contributed by atoms with Crippen molar-refractivity contribution < 1.29 is 0 Å². The summed E-state index contributed by atoms with van der Waals surface area (Å²) < 4.78 is 1.74. The van der Waals surface area contributed by atoms with Crippen LogP contribution in [0.25, 0.3) is 5.69 Å². The molecular weight excluding hydrogens is 242 g/mol. The quantitative estimate of drug-likeness (QED) is 0.848. The van der Waals surface area contributed by atoms with Crippen LogP contribution in [0.1, 0.15) is 11.3 Å². The van der Waals surface area contributed by atoms with Crippen molar-refractivity contribution in [2.24, 2.45) is 0 Å². The molecule has 0 radical (unpaired) electrons. The lowest BCUT2D eigenvalue weighted by Crippen LogP contribution is -2.03. The Morgan fingerprint density at radius 1 is 1.31 bits per heavy atom. The van der Waals surface area contributed by atoms with Gasteiger partial charge in [0.25, 0.3) is 0 Å². The largest absolute Gasteiger partial charge is 0.383 e. The monoisotopic (exact) mass is 251 g/mol. The maximum Gasteiger partial charge on any atom is 0.131 e. The second kappa shape index (κ2) is 3.71. The molecule has 2 heterocycles. The highest BCUT2D eigenvalue weighted by atomic mass is 35.5. The van der Waals surface area contributed by atoms with Gasteiger partial charge in [-0.25, -0.2) is 4.68 Å². The SMILES string of the molecule is Nc1c2c(nn1-c1ccccc1Cl)CSC2. The second-order valence-corrected chi connectivity index (χ2v) is 5.06. The van der Waals surface area contributed by atoms with Gasteiger partial charge in [-0.3, -0.25) is 0 Å². The van der Waals surface area contributed by atoms with Gasteiger partial charge in [0, 0.05) is 17.1 Å². The normalized spacial score (nSPS) is 14.1. The predicted molar refractivity (Wildman–Crippen MR) is 68.0 cm³/mol. The Morgan fingerprint density at radius 3 is 2.88 bits per heavy atom. The maximum absolute atomic E-state index is 6.13. The second-order valence-electron chi connectivity index (χ2n) is 3.67. The molecule has 0 bridgehead atoms. The van der Waals surface area contributed by atoms with E-state index in [9.17, 15) is 0 Å². The zero-order chi connectivity index (χ0) is 11.1. The first kappa shape index (κ1) is 10.1. The minimum atomic E-state index is 0.669. The highest BCUT2D eigenvalue weighted by Gasteiger charge is 2.21. The number of hydrogen-bond acceptors (Lipinski definition) is 3. The lowest BCUT2D eigenvalue weighted by atomic mass is 10.3. The van der Waals surface area contributed by atoms with E-state index in [4.69, 9.17) is 17.3 Å². The summed E-state index contributed by atoms with van der Waals surface area (Å²) in [4.78, 5) is 0. The summed E-state index contributed by atoms with van der Waals surface area (Å²) in [7, 11) is 0. The minimum Gasteiger partial charge on any atom is -0.383 e. The number of aromatic nitrogens is 2. The molecule has 3 rings (SSSR count). The average molecular weight is 252 g/mol. The third-order valence-electron chi connectivity index (χ3n) is 2.67. The molecule has 0 atom stereocenters. The fourth-order valence-electron chi connectivity index (χ4n) is 1.84. The Labute approximate surface area is 103 Å². The Bertz CT molecular complexity index is 550. The molecule has 0 saturated carbocycles. The van der Waals surface area contributed by atoms with Crippen LogP contribution >= 0.6 is 23.4 Å². The van der Waals surface area contributed by atoms with Crippen molar-refractivity contribution in [3.8, 4) is 5.69 Å². The number of benzene rings is 1. The number of rotatable bonds is 1. The number of nitrogens with two attached hydrogens (primary N) is 1. The molecule has 1 aromatic heterocycles. The summed E-state index contributed by atoms with van der Waals surface area (Å²) in [5, 5.41) is 5.18. The molecule has 3 nitrogen and oxygen atoms in total. The lowest BCUT2D eigenvalue weighted by Gasteiger charge is -2.06. The molecule has 0 amide bonds. The number of anilines is 1.